The third kappa shape index (κ3) is 3.86. The molecule has 3 unspecified atom stereocenters. The SMILES string of the molecule is COC(=O)c1ccc(C2=CC(=O)N3NC(C)C(Cc4ccc(Cl)cc4)C3N2)cc1. The van der Waals surface area contributed by atoms with Crippen molar-refractivity contribution < 1.29 is 14.3 Å². The minimum atomic E-state index is -0.388. The second-order valence-corrected chi connectivity index (χ2v) is 7.77. The van der Waals surface area contributed by atoms with Crippen LogP contribution in [-0.2, 0) is 16.0 Å². The van der Waals surface area contributed by atoms with E-state index in [9.17, 15) is 9.59 Å². The number of ether oxygens (including phenoxy) is 1. The molecule has 2 heterocycles. The van der Waals surface area contributed by atoms with Gasteiger partial charge in [-0.25, -0.2) is 10.2 Å². The van der Waals surface area contributed by atoms with Gasteiger partial charge in [0.2, 0.25) is 0 Å². The molecule has 2 aliphatic rings. The van der Waals surface area contributed by atoms with Gasteiger partial charge in [-0.2, -0.15) is 0 Å². The predicted octanol–water partition coefficient (Wildman–Crippen LogP) is 2.99. The molecule has 1 amide bonds. The Bertz CT molecular complexity index is 956. The largest absolute Gasteiger partial charge is 0.465 e. The van der Waals surface area contributed by atoms with Gasteiger partial charge in [-0.1, -0.05) is 35.9 Å². The van der Waals surface area contributed by atoms with E-state index in [1.54, 1.807) is 23.2 Å². The number of carbonyl (C=O) groups excluding carboxylic acids is 2. The maximum atomic E-state index is 12.7. The Hall–Kier alpha value is -2.83. The number of halogens is 1. The van der Waals surface area contributed by atoms with Gasteiger partial charge in [0.1, 0.15) is 6.17 Å². The summed E-state index contributed by atoms with van der Waals surface area (Å²) in [6, 6.07) is 15.0. The Kier molecular flexibility index (Phi) is 5.30. The van der Waals surface area contributed by atoms with Crippen molar-refractivity contribution in [1.29, 1.82) is 0 Å². The number of esters is 1. The first-order valence-corrected chi connectivity index (χ1v) is 9.85. The molecule has 2 aromatic carbocycles. The number of hydrazine groups is 1. The van der Waals surface area contributed by atoms with Crippen LogP contribution in [-0.4, -0.2) is 36.2 Å². The second kappa shape index (κ2) is 7.89. The van der Waals surface area contributed by atoms with Crippen molar-refractivity contribution in [2.45, 2.75) is 25.6 Å². The Morgan fingerprint density at radius 2 is 1.83 bits per heavy atom. The van der Waals surface area contributed by atoms with Gasteiger partial charge in [0.05, 0.1) is 12.7 Å². The lowest BCUT2D eigenvalue weighted by molar-refractivity contribution is -0.131. The van der Waals surface area contributed by atoms with Crippen LogP contribution in [0.4, 0.5) is 0 Å². The number of fused-ring (bicyclic) bond motifs is 1. The molecule has 7 heteroatoms. The fourth-order valence-corrected chi connectivity index (χ4v) is 4.00. The zero-order valence-electron chi connectivity index (χ0n) is 16.2. The van der Waals surface area contributed by atoms with E-state index in [0.717, 1.165) is 17.7 Å². The van der Waals surface area contributed by atoms with E-state index in [2.05, 4.69) is 17.7 Å². The lowest BCUT2D eigenvalue weighted by atomic mass is 9.91. The highest BCUT2D eigenvalue weighted by Crippen LogP contribution is 2.30. The molecule has 0 aliphatic carbocycles. The average Bonchev–Trinajstić information content (AvgIpc) is 3.05. The molecule has 0 bridgehead atoms. The van der Waals surface area contributed by atoms with Crippen molar-refractivity contribution in [3.8, 4) is 0 Å². The highest BCUT2D eigenvalue weighted by Gasteiger charge is 2.43. The number of benzene rings is 2. The van der Waals surface area contributed by atoms with Crippen molar-refractivity contribution in [3.63, 3.8) is 0 Å². The maximum absolute atomic E-state index is 12.7. The molecule has 3 atom stereocenters. The number of rotatable bonds is 4. The first-order valence-electron chi connectivity index (χ1n) is 9.47. The third-order valence-corrected chi connectivity index (χ3v) is 5.73. The molecule has 150 valence electrons. The molecule has 6 nitrogen and oxygen atoms in total. The van der Waals surface area contributed by atoms with Gasteiger partial charge in [-0.05, 0) is 48.7 Å². The van der Waals surface area contributed by atoms with Gasteiger partial charge in [-0.15, -0.1) is 0 Å². The van der Waals surface area contributed by atoms with Crippen LogP contribution in [0.15, 0.2) is 54.6 Å². The van der Waals surface area contributed by atoms with Gasteiger partial charge in [-0.3, -0.25) is 9.80 Å². The topological polar surface area (TPSA) is 70.7 Å². The van der Waals surface area contributed by atoms with Gasteiger partial charge in [0.15, 0.2) is 0 Å². The monoisotopic (exact) mass is 411 g/mol. The van der Waals surface area contributed by atoms with Crippen molar-refractivity contribution >= 4 is 29.2 Å². The van der Waals surface area contributed by atoms with Crippen molar-refractivity contribution in [1.82, 2.24) is 15.8 Å². The Morgan fingerprint density at radius 1 is 1.14 bits per heavy atom. The molecule has 1 fully saturated rings. The zero-order chi connectivity index (χ0) is 20.5. The molecule has 2 aliphatic heterocycles. The summed E-state index contributed by atoms with van der Waals surface area (Å²) < 4.78 is 4.74. The summed E-state index contributed by atoms with van der Waals surface area (Å²) in [5, 5.41) is 5.87. The molecular formula is C22H22ClN3O3. The van der Waals surface area contributed by atoms with E-state index in [1.165, 1.54) is 12.7 Å². The summed E-state index contributed by atoms with van der Waals surface area (Å²) in [6.45, 7) is 2.08. The number of methoxy groups -OCH3 is 1. The Labute approximate surface area is 174 Å². The fraction of sp³-hybridized carbons (Fsp3) is 0.273. The molecular weight excluding hydrogens is 390 g/mol. The molecule has 4 rings (SSSR count). The number of hydrogen-bond acceptors (Lipinski definition) is 5. The Morgan fingerprint density at radius 3 is 2.48 bits per heavy atom. The van der Waals surface area contributed by atoms with Crippen LogP contribution < -0.4 is 10.7 Å². The number of nitrogens with one attached hydrogen (secondary N) is 2. The van der Waals surface area contributed by atoms with E-state index >= 15 is 0 Å². The van der Waals surface area contributed by atoms with Crippen LogP contribution in [0.25, 0.3) is 5.70 Å². The molecule has 0 aromatic heterocycles. The highest BCUT2D eigenvalue weighted by atomic mass is 35.5. The number of hydrogen-bond donors (Lipinski definition) is 2. The maximum Gasteiger partial charge on any atom is 0.337 e. The fourth-order valence-electron chi connectivity index (χ4n) is 3.88. The van der Waals surface area contributed by atoms with Crippen LogP contribution in [0.3, 0.4) is 0 Å². The summed E-state index contributed by atoms with van der Waals surface area (Å²) >= 11 is 6.00. The third-order valence-electron chi connectivity index (χ3n) is 5.48. The molecule has 0 spiro atoms. The summed E-state index contributed by atoms with van der Waals surface area (Å²) in [6.07, 6.45) is 2.21. The minimum Gasteiger partial charge on any atom is -0.465 e. The quantitative estimate of drug-likeness (QED) is 0.757. The van der Waals surface area contributed by atoms with E-state index in [-0.39, 0.29) is 30.0 Å². The summed E-state index contributed by atoms with van der Waals surface area (Å²) in [5.74, 6) is -0.300. The van der Waals surface area contributed by atoms with E-state index in [1.807, 2.05) is 36.4 Å². The van der Waals surface area contributed by atoms with Crippen molar-refractivity contribution in [3.05, 3.63) is 76.3 Å². The molecule has 0 radical (unpaired) electrons. The van der Waals surface area contributed by atoms with Crippen molar-refractivity contribution in [2.24, 2.45) is 5.92 Å². The van der Waals surface area contributed by atoms with Gasteiger partial charge < -0.3 is 10.1 Å². The molecule has 1 saturated heterocycles. The average molecular weight is 412 g/mol. The van der Waals surface area contributed by atoms with Crippen LogP contribution in [0.1, 0.15) is 28.4 Å². The van der Waals surface area contributed by atoms with E-state index < -0.39 is 0 Å². The minimum absolute atomic E-state index is 0.0914. The van der Waals surface area contributed by atoms with E-state index in [0.29, 0.717) is 10.6 Å². The number of nitrogens with zero attached hydrogens (tertiary/aromatic N) is 1. The Balaban J connectivity index is 1.56. The predicted molar refractivity (Wildman–Crippen MR) is 111 cm³/mol. The normalized spacial score (nSPS) is 23.3. The van der Waals surface area contributed by atoms with Gasteiger partial charge in [0, 0.05) is 28.8 Å². The molecule has 29 heavy (non-hydrogen) atoms. The van der Waals surface area contributed by atoms with Gasteiger partial charge >= 0.3 is 5.97 Å². The summed E-state index contributed by atoms with van der Waals surface area (Å²) in [7, 11) is 1.35. The number of carbonyl (C=O) groups is 2. The highest BCUT2D eigenvalue weighted by molar-refractivity contribution is 6.30. The first-order chi connectivity index (χ1) is 14.0. The van der Waals surface area contributed by atoms with E-state index in [4.69, 9.17) is 16.3 Å². The van der Waals surface area contributed by atoms with Crippen LogP contribution in [0, 0.1) is 5.92 Å². The standard InChI is InChI=1S/C22H22ClN3O3/c1-13-18(11-14-3-9-17(23)10-4-14)21-24-19(12-20(27)26(21)25-13)15-5-7-16(8-6-15)22(28)29-2/h3-10,12-13,18,21,24-25H,11H2,1-2H3. The molecule has 2 aromatic rings. The van der Waals surface area contributed by atoms with Crippen LogP contribution in [0.2, 0.25) is 5.02 Å². The first kappa shape index (κ1) is 19.5. The molecule has 0 saturated carbocycles. The summed E-state index contributed by atoms with van der Waals surface area (Å²) in [4.78, 5) is 24.4. The number of amides is 1. The summed E-state index contributed by atoms with van der Waals surface area (Å²) in [5.41, 5.74) is 6.50. The zero-order valence-corrected chi connectivity index (χ0v) is 16.9. The van der Waals surface area contributed by atoms with Crippen LogP contribution >= 0.6 is 11.6 Å². The van der Waals surface area contributed by atoms with Gasteiger partial charge in [0.25, 0.3) is 5.91 Å². The second-order valence-electron chi connectivity index (χ2n) is 7.34. The lowest BCUT2D eigenvalue weighted by Gasteiger charge is -2.33. The lowest BCUT2D eigenvalue weighted by Crippen LogP contribution is -2.53. The smallest absolute Gasteiger partial charge is 0.337 e. The van der Waals surface area contributed by atoms with Crippen molar-refractivity contribution in [2.75, 3.05) is 7.11 Å². The molecule has 2 N–H and O–H groups in total. The van der Waals surface area contributed by atoms with Crippen LogP contribution in [0.5, 0.6) is 0 Å².